The Labute approximate surface area is 135 Å². The number of rotatable bonds is 6. The van der Waals surface area contributed by atoms with E-state index in [1.165, 1.54) is 48.3 Å². The third kappa shape index (κ3) is 4.78. The monoisotopic (exact) mass is 258 g/mol. The first kappa shape index (κ1) is 17.0. The summed E-state index contributed by atoms with van der Waals surface area (Å²) in [6.07, 6.45) is 5.02. The molecule has 20 heavy (non-hydrogen) atoms. The second-order valence-electron chi connectivity index (χ2n) is 5.17. The van der Waals surface area contributed by atoms with Gasteiger partial charge in [-0.05, 0) is 6.92 Å². The van der Waals surface area contributed by atoms with E-state index in [1.807, 2.05) is 0 Å². The van der Waals surface area contributed by atoms with Crippen molar-refractivity contribution in [3.05, 3.63) is 77.2 Å². The van der Waals surface area contributed by atoms with E-state index < -0.39 is 0 Å². The zero-order valence-electron chi connectivity index (χ0n) is 13.0. The molecule has 0 fully saturated rings. The van der Waals surface area contributed by atoms with Crippen LogP contribution in [0.3, 0.4) is 0 Å². The molecule has 0 unspecified atom stereocenters. The summed E-state index contributed by atoms with van der Waals surface area (Å²) >= 11 is 0. The molecular formula is C19H23Li. The van der Waals surface area contributed by atoms with Gasteiger partial charge in [-0.25, -0.2) is 0 Å². The fraction of sp³-hybridized carbons (Fsp3) is 0.316. The van der Waals surface area contributed by atoms with Crippen LogP contribution >= 0.6 is 0 Å². The molecule has 0 radical (unpaired) electrons. The summed E-state index contributed by atoms with van der Waals surface area (Å²) in [5.74, 6) is 1.48. The van der Waals surface area contributed by atoms with Crippen LogP contribution in [-0.4, -0.2) is 0 Å². The summed E-state index contributed by atoms with van der Waals surface area (Å²) in [4.78, 5) is 0. The van der Waals surface area contributed by atoms with Crippen molar-refractivity contribution >= 4 is 0 Å². The van der Waals surface area contributed by atoms with Crippen LogP contribution in [0.2, 0.25) is 0 Å². The standard InChI is InChI=1S/C19H23.Li/c1-3-4-6-11-19(17-9-7-5-8-10-17)18-14-12-16(2)13-15-18;/h5,7-10,12-15H,3-4,6,11H2,1-2H3;/q-1;+1. The maximum atomic E-state index is 2.26. The Morgan fingerprint density at radius 2 is 1.40 bits per heavy atom. The molecule has 100 valence electrons. The van der Waals surface area contributed by atoms with Crippen molar-refractivity contribution < 1.29 is 18.9 Å². The maximum Gasteiger partial charge on any atom is 1.00 e. The van der Waals surface area contributed by atoms with Crippen molar-refractivity contribution in [3.63, 3.8) is 0 Å². The van der Waals surface area contributed by atoms with E-state index in [1.54, 1.807) is 0 Å². The molecule has 2 aromatic carbocycles. The number of aryl methyl sites for hydroxylation is 1. The van der Waals surface area contributed by atoms with Gasteiger partial charge in [0.05, 0.1) is 0 Å². The van der Waals surface area contributed by atoms with E-state index in [2.05, 4.69) is 68.4 Å². The predicted octanol–water partition coefficient (Wildman–Crippen LogP) is 2.55. The molecule has 0 bridgehead atoms. The van der Waals surface area contributed by atoms with Crippen LogP contribution in [0.5, 0.6) is 0 Å². The zero-order chi connectivity index (χ0) is 13.5. The normalized spacial score (nSPS) is 9.90. The summed E-state index contributed by atoms with van der Waals surface area (Å²) in [6, 6.07) is 19.7. The van der Waals surface area contributed by atoms with E-state index in [0.29, 0.717) is 0 Å². The summed E-state index contributed by atoms with van der Waals surface area (Å²) in [5.41, 5.74) is 4.06. The van der Waals surface area contributed by atoms with Crippen molar-refractivity contribution in [2.75, 3.05) is 0 Å². The van der Waals surface area contributed by atoms with Gasteiger partial charge in [0.15, 0.2) is 0 Å². The van der Waals surface area contributed by atoms with Crippen molar-refractivity contribution in [2.24, 2.45) is 0 Å². The maximum absolute atomic E-state index is 2.26. The van der Waals surface area contributed by atoms with Gasteiger partial charge in [-0.15, -0.1) is 41.3 Å². The Morgan fingerprint density at radius 3 is 2.00 bits per heavy atom. The molecule has 2 rings (SSSR count). The molecule has 0 aliphatic heterocycles. The van der Waals surface area contributed by atoms with Crippen LogP contribution in [0.15, 0.2) is 54.6 Å². The molecule has 1 heteroatoms. The fourth-order valence-corrected chi connectivity index (χ4v) is 2.40. The van der Waals surface area contributed by atoms with Crippen molar-refractivity contribution in [3.8, 4) is 0 Å². The van der Waals surface area contributed by atoms with Crippen molar-refractivity contribution in [1.82, 2.24) is 0 Å². The van der Waals surface area contributed by atoms with Gasteiger partial charge in [0, 0.05) is 0 Å². The fourth-order valence-electron chi connectivity index (χ4n) is 2.40. The quantitative estimate of drug-likeness (QED) is 0.424. The van der Waals surface area contributed by atoms with Crippen LogP contribution < -0.4 is 18.9 Å². The van der Waals surface area contributed by atoms with E-state index in [4.69, 9.17) is 0 Å². The molecule has 2 aromatic rings. The second-order valence-corrected chi connectivity index (χ2v) is 5.17. The number of benzene rings is 2. The smallest absolute Gasteiger partial charge is 0.120 e. The first-order chi connectivity index (χ1) is 9.31. The molecular weight excluding hydrogens is 235 g/mol. The minimum atomic E-state index is 0. The van der Waals surface area contributed by atoms with E-state index in [0.717, 1.165) is 0 Å². The first-order valence-electron chi connectivity index (χ1n) is 7.29. The molecule has 0 heterocycles. The first-order valence-corrected chi connectivity index (χ1v) is 7.29. The average molecular weight is 258 g/mol. The molecule has 0 atom stereocenters. The van der Waals surface area contributed by atoms with E-state index in [9.17, 15) is 0 Å². The van der Waals surface area contributed by atoms with Crippen LogP contribution in [0.4, 0.5) is 0 Å². The summed E-state index contributed by atoms with van der Waals surface area (Å²) < 4.78 is 0. The topological polar surface area (TPSA) is 0 Å². The number of hydrogen-bond acceptors (Lipinski definition) is 0. The van der Waals surface area contributed by atoms with E-state index >= 15 is 0 Å². The third-order valence-corrected chi connectivity index (χ3v) is 3.55. The van der Waals surface area contributed by atoms with Crippen LogP contribution in [0.25, 0.3) is 0 Å². The summed E-state index contributed by atoms with van der Waals surface area (Å²) in [5, 5.41) is 0. The average Bonchev–Trinajstić information content (AvgIpc) is 2.46. The zero-order valence-corrected chi connectivity index (χ0v) is 13.0. The largest absolute Gasteiger partial charge is 1.00 e. The Balaban J connectivity index is 0.00000200. The summed E-state index contributed by atoms with van der Waals surface area (Å²) in [6.45, 7) is 4.40. The number of hydrogen-bond donors (Lipinski definition) is 0. The Hall–Kier alpha value is -1.09. The van der Waals surface area contributed by atoms with Gasteiger partial charge >= 0.3 is 18.9 Å². The minimum Gasteiger partial charge on any atom is -0.120 e. The molecule has 0 spiro atoms. The van der Waals surface area contributed by atoms with E-state index in [-0.39, 0.29) is 18.9 Å². The van der Waals surface area contributed by atoms with Crippen LogP contribution in [-0.2, 0) is 0 Å². The predicted molar refractivity (Wildman–Crippen MR) is 83.2 cm³/mol. The van der Waals surface area contributed by atoms with Gasteiger partial charge in [0.2, 0.25) is 0 Å². The molecule has 0 nitrogen and oxygen atoms in total. The second kappa shape index (κ2) is 8.96. The van der Waals surface area contributed by atoms with Gasteiger partial charge in [-0.1, -0.05) is 68.5 Å². The molecule has 0 aliphatic rings. The van der Waals surface area contributed by atoms with Gasteiger partial charge in [-0.2, -0.15) is 0 Å². The van der Waals surface area contributed by atoms with Gasteiger partial charge < -0.3 is 0 Å². The molecule has 0 aliphatic carbocycles. The molecule has 0 saturated heterocycles. The third-order valence-electron chi connectivity index (χ3n) is 3.55. The van der Waals surface area contributed by atoms with Crippen molar-refractivity contribution in [2.45, 2.75) is 39.5 Å². The molecule has 0 saturated carbocycles. The Bertz CT molecular complexity index is 473. The Kier molecular flexibility index (Phi) is 7.59. The van der Waals surface area contributed by atoms with Gasteiger partial charge in [-0.3, -0.25) is 0 Å². The Morgan fingerprint density at radius 1 is 0.800 bits per heavy atom. The molecule has 0 amide bonds. The summed E-state index contributed by atoms with van der Waals surface area (Å²) in [7, 11) is 0. The SMILES string of the molecule is CCCCC[C-](c1ccccc1)c1ccc(C)cc1.[Li+]. The van der Waals surface area contributed by atoms with Gasteiger partial charge in [0.25, 0.3) is 0 Å². The minimum absolute atomic E-state index is 0. The number of unbranched alkanes of at least 4 members (excludes halogenated alkanes) is 2. The van der Waals surface area contributed by atoms with Crippen LogP contribution in [0.1, 0.15) is 49.3 Å². The van der Waals surface area contributed by atoms with Gasteiger partial charge in [0.1, 0.15) is 0 Å². The molecule has 0 N–H and O–H groups in total. The van der Waals surface area contributed by atoms with Crippen LogP contribution in [0, 0.1) is 12.8 Å². The molecule has 0 aromatic heterocycles. The van der Waals surface area contributed by atoms with Crippen molar-refractivity contribution in [1.29, 1.82) is 0 Å².